The number of aliphatic imine (C=N–C) groups is 1. The zero-order valence-electron chi connectivity index (χ0n) is 12.6. The molecule has 0 saturated carbocycles. The van der Waals surface area contributed by atoms with E-state index in [0.29, 0.717) is 18.9 Å². The molecular formula is C15H23IN4O. The van der Waals surface area contributed by atoms with E-state index in [1.54, 1.807) is 19.0 Å². The van der Waals surface area contributed by atoms with Gasteiger partial charge in [0.1, 0.15) is 0 Å². The minimum atomic E-state index is 0. The number of carbonyl (C=O) groups excluding carboxylic acids is 1. The average molecular weight is 402 g/mol. The highest BCUT2D eigenvalue weighted by Crippen LogP contribution is 2.24. The molecule has 1 aliphatic rings. The lowest BCUT2D eigenvalue weighted by Crippen LogP contribution is -2.25. The fourth-order valence-corrected chi connectivity index (χ4v) is 2.33. The van der Waals surface area contributed by atoms with Crippen molar-refractivity contribution in [2.45, 2.75) is 25.7 Å². The van der Waals surface area contributed by atoms with Gasteiger partial charge in [0.25, 0.3) is 0 Å². The second-order valence-corrected chi connectivity index (χ2v) is 5.27. The van der Waals surface area contributed by atoms with Crippen LogP contribution in [0, 0.1) is 0 Å². The number of aryl methyl sites for hydroxylation is 2. The molecule has 1 aromatic rings. The summed E-state index contributed by atoms with van der Waals surface area (Å²) in [6.45, 7) is 0.404. The van der Waals surface area contributed by atoms with E-state index < -0.39 is 0 Å². The van der Waals surface area contributed by atoms with Crippen LogP contribution >= 0.6 is 24.0 Å². The van der Waals surface area contributed by atoms with E-state index in [2.05, 4.69) is 22.4 Å². The summed E-state index contributed by atoms with van der Waals surface area (Å²) in [6, 6.07) is 6.31. The molecule has 1 amide bonds. The molecule has 2 rings (SSSR count). The third-order valence-electron chi connectivity index (χ3n) is 3.48. The summed E-state index contributed by atoms with van der Waals surface area (Å²) in [4.78, 5) is 17.1. The molecule has 1 aromatic carbocycles. The highest BCUT2D eigenvalue weighted by atomic mass is 127. The number of fused-ring (bicyclic) bond motifs is 1. The van der Waals surface area contributed by atoms with Gasteiger partial charge in [0.05, 0.1) is 6.54 Å². The first kappa shape index (κ1) is 17.7. The van der Waals surface area contributed by atoms with Crippen molar-refractivity contribution in [1.29, 1.82) is 0 Å². The smallest absolute Gasteiger partial charge is 0.223 e. The van der Waals surface area contributed by atoms with Crippen LogP contribution in [0.4, 0.5) is 5.69 Å². The topological polar surface area (TPSA) is 70.7 Å². The Morgan fingerprint density at radius 3 is 2.76 bits per heavy atom. The number of carbonyl (C=O) groups is 1. The van der Waals surface area contributed by atoms with Crippen LogP contribution in [-0.4, -0.2) is 37.4 Å². The largest absolute Gasteiger partial charge is 0.370 e. The van der Waals surface area contributed by atoms with Gasteiger partial charge < -0.3 is 16.0 Å². The van der Waals surface area contributed by atoms with Crippen LogP contribution in [0.15, 0.2) is 23.2 Å². The number of nitrogens with two attached hydrogens (primary N) is 1. The number of halogens is 1. The van der Waals surface area contributed by atoms with E-state index in [4.69, 9.17) is 5.73 Å². The van der Waals surface area contributed by atoms with Crippen LogP contribution in [0.5, 0.6) is 0 Å². The van der Waals surface area contributed by atoms with Crippen molar-refractivity contribution in [3.05, 3.63) is 29.3 Å². The number of hydrogen-bond acceptors (Lipinski definition) is 2. The fourth-order valence-electron chi connectivity index (χ4n) is 2.33. The molecular weight excluding hydrogens is 379 g/mol. The lowest BCUT2D eigenvalue weighted by molar-refractivity contribution is -0.128. The molecule has 0 bridgehead atoms. The maximum absolute atomic E-state index is 11.4. The number of guanidine groups is 1. The van der Waals surface area contributed by atoms with Crippen molar-refractivity contribution in [2.24, 2.45) is 10.7 Å². The summed E-state index contributed by atoms with van der Waals surface area (Å²) in [7, 11) is 3.47. The van der Waals surface area contributed by atoms with Crippen LogP contribution in [0.25, 0.3) is 0 Å². The van der Waals surface area contributed by atoms with E-state index in [1.165, 1.54) is 24.0 Å². The van der Waals surface area contributed by atoms with Gasteiger partial charge in [-0.2, -0.15) is 0 Å². The number of anilines is 1. The molecule has 0 radical (unpaired) electrons. The van der Waals surface area contributed by atoms with Crippen molar-refractivity contribution < 1.29 is 4.79 Å². The van der Waals surface area contributed by atoms with E-state index in [9.17, 15) is 4.79 Å². The normalized spacial score (nSPS) is 13.3. The molecule has 6 heteroatoms. The van der Waals surface area contributed by atoms with Crippen LogP contribution in [0.3, 0.4) is 0 Å². The van der Waals surface area contributed by atoms with Gasteiger partial charge in [0.15, 0.2) is 5.96 Å². The third-order valence-corrected chi connectivity index (χ3v) is 3.48. The molecule has 0 heterocycles. The highest BCUT2D eigenvalue weighted by Gasteiger charge is 2.10. The SMILES string of the molecule is CN(C)C(=O)CCN=C(N)Nc1ccc2c(c1)CCC2.I. The molecule has 5 nitrogen and oxygen atoms in total. The van der Waals surface area contributed by atoms with Gasteiger partial charge in [-0.05, 0) is 42.5 Å². The number of nitrogens with one attached hydrogen (secondary N) is 1. The van der Waals surface area contributed by atoms with Crippen LogP contribution < -0.4 is 11.1 Å². The first-order chi connectivity index (χ1) is 9.56. The Hall–Kier alpha value is -1.31. The van der Waals surface area contributed by atoms with Gasteiger partial charge in [-0.1, -0.05) is 6.07 Å². The maximum Gasteiger partial charge on any atom is 0.223 e. The Bertz CT molecular complexity index is 528. The van der Waals surface area contributed by atoms with Crippen molar-refractivity contribution in [2.75, 3.05) is 26.0 Å². The molecule has 0 aromatic heterocycles. The Kier molecular flexibility index (Phi) is 6.94. The average Bonchev–Trinajstić information content (AvgIpc) is 2.85. The molecule has 0 atom stereocenters. The minimum Gasteiger partial charge on any atom is -0.370 e. The van der Waals surface area contributed by atoms with Gasteiger partial charge in [-0.3, -0.25) is 9.79 Å². The molecule has 1 aliphatic carbocycles. The van der Waals surface area contributed by atoms with Crippen molar-refractivity contribution in [3.8, 4) is 0 Å². The van der Waals surface area contributed by atoms with E-state index in [-0.39, 0.29) is 29.9 Å². The lowest BCUT2D eigenvalue weighted by atomic mass is 10.1. The molecule has 3 N–H and O–H groups in total. The number of benzene rings is 1. The van der Waals surface area contributed by atoms with E-state index >= 15 is 0 Å². The van der Waals surface area contributed by atoms with Crippen LogP contribution in [0.2, 0.25) is 0 Å². The number of rotatable bonds is 4. The number of hydrogen-bond donors (Lipinski definition) is 2. The predicted molar refractivity (Wildman–Crippen MR) is 97.3 cm³/mol. The Morgan fingerprint density at radius 2 is 2.05 bits per heavy atom. The van der Waals surface area contributed by atoms with Crippen molar-refractivity contribution in [1.82, 2.24) is 4.90 Å². The maximum atomic E-state index is 11.4. The molecule has 0 fully saturated rings. The first-order valence-electron chi connectivity index (χ1n) is 6.95. The predicted octanol–water partition coefficient (Wildman–Crippen LogP) is 2.00. The van der Waals surface area contributed by atoms with Gasteiger partial charge in [0, 0.05) is 26.2 Å². The summed E-state index contributed by atoms with van der Waals surface area (Å²) < 4.78 is 0. The zero-order valence-corrected chi connectivity index (χ0v) is 14.9. The first-order valence-corrected chi connectivity index (χ1v) is 6.95. The minimum absolute atomic E-state index is 0. The lowest BCUT2D eigenvalue weighted by Gasteiger charge is -2.10. The van der Waals surface area contributed by atoms with Gasteiger partial charge in [-0.15, -0.1) is 24.0 Å². The zero-order chi connectivity index (χ0) is 14.5. The second-order valence-electron chi connectivity index (χ2n) is 5.27. The number of nitrogens with zero attached hydrogens (tertiary/aromatic N) is 2. The van der Waals surface area contributed by atoms with Gasteiger partial charge in [-0.25, -0.2) is 0 Å². The monoisotopic (exact) mass is 402 g/mol. The van der Waals surface area contributed by atoms with Gasteiger partial charge >= 0.3 is 0 Å². The standard InChI is InChI=1S/C15H22N4O.HI/c1-19(2)14(20)8-9-17-15(16)18-13-7-6-11-4-3-5-12(11)10-13;/h6-7,10H,3-5,8-9H2,1-2H3,(H3,16,17,18);1H. The quantitative estimate of drug-likeness (QED) is 0.460. The van der Waals surface area contributed by atoms with E-state index in [1.807, 2.05) is 6.07 Å². The fraction of sp³-hybridized carbons (Fsp3) is 0.467. The molecule has 0 saturated heterocycles. The molecule has 0 aliphatic heterocycles. The Balaban J connectivity index is 0.00000220. The highest BCUT2D eigenvalue weighted by molar-refractivity contribution is 14.0. The summed E-state index contributed by atoms with van der Waals surface area (Å²) in [5.74, 6) is 0.411. The summed E-state index contributed by atoms with van der Waals surface area (Å²) in [6.07, 6.45) is 3.92. The molecule has 21 heavy (non-hydrogen) atoms. The molecule has 0 spiro atoms. The Labute approximate surface area is 143 Å². The number of amides is 1. The summed E-state index contributed by atoms with van der Waals surface area (Å²) in [5.41, 5.74) is 9.62. The molecule has 0 unspecified atom stereocenters. The second kappa shape index (κ2) is 8.21. The van der Waals surface area contributed by atoms with Gasteiger partial charge in [0.2, 0.25) is 5.91 Å². The van der Waals surface area contributed by atoms with Crippen LogP contribution in [0.1, 0.15) is 24.0 Å². The van der Waals surface area contributed by atoms with Crippen molar-refractivity contribution in [3.63, 3.8) is 0 Å². The van der Waals surface area contributed by atoms with E-state index in [0.717, 1.165) is 12.1 Å². The van der Waals surface area contributed by atoms with Crippen LogP contribution in [-0.2, 0) is 17.6 Å². The molecule has 116 valence electrons. The third kappa shape index (κ3) is 5.18. The van der Waals surface area contributed by atoms with Crippen molar-refractivity contribution >= 4 is 41.5 Å². The summed E-state index contributed by atoms with van der Waals surface area (Å²) in [5, 5.41) is 3.08. The Morgan fingerprint density at radius 1 is 1.33 bits per heavy atom. The summed E-state index contributed by atoms with van der Waals surface area (Å²) >= 11 is 0.